The molecule has 0 N–H and O–H groups in total. The van der Waals surface area contributed by atoms with Gasteiger partial charge in [0.1, 0.15) is 6.26 Å². The van der Waals surface area contributed by atoms with Crippen molar-refractivity contribution in [3.8, 4) is 0 Å². The predicted octanol–water partition coefficient (Wildman–Crippen LogP) is 2.79. The Hall–Kier alpha value is -2.28. The largest absolute Gasteiger partial charge is 0.364 e. The van der Waals surface area contributed by atoms with Crippen LogP contribution in [0.2, 0.25) is 0 Å². The summed E-state index contributed by atoms with van der Waals surface area (Å²) in [7, 11) is 0. The number of rotatable bonds is 3. The first-order valence-corrected chi connectivity index (χ1v) is 8.85. The van der Waals surface area contributed by atoms with Crippen molar-refractivity contribution in [1.29, 1.82) is 0 Å². The third kappa shape index (κ3) is 3.28. The molecule has 1 fully saturated rings. The number of piperidine rings is 1. The molecule has 0 atom stereocenters. The molecule has 1 saturated heterocycles. The van der Waals surface area contributed by atoms with Crippen LogP contribution in [0, 0.1) is 0 Å². The molecule has 0 spiro atoms. The molecule has 0 aromatic carbocycles. The van der Waals surface area contributed by atoms with Gasteiger partial charge in [-0.2, -0.15) is 9.61 Å². The van der Waals surface area contributed by atoms with Crippen LogP contribution < -0.4 is 0 Å². The van der Waals surface area contributed by atoms with Crippen molar-refractivity contribution in [3.05, 3.63) is 41.7 Å². The summed E-state index contributed by atoms with van der Waals surface area (Å²) in [4.78, 5) is 2.41. The van der Waals surface area contributed by atoms with E-state index < -0.39 is 0 Å². The lowest BCUT2D eigenvalue weighted by molar-refractivity contribution is 0.196. The van der Waals surface area contributed by atoms with Gasteiger partial charge in [-0.15, -0.1) is 10.2 Å². The Morgan fingerprint density at radius 2 is 1.92 bits per heavy atom. The van der Waals surface area contributed by atoms with E-state index in [-0.39, 0.29) is 5.41 Å². The van der Waals surface area contributed by atoms with E-state index in [9.17, 15) is 0 Å². The van der Waals surface area contributed by atoms with Crippen molar-refractivity contribution < 1.29 is 4.52 Å². The summed E-state index contributed by atoms with van der Waals surface area (Å²) in [6.45, 7) is 9.40. The third-order valence-corrected chi connectivity index (χ3v) is 4.88. The molecule has 4 rings (SSSR count). The number of likely N-dealkylation sites (tertiary alicyclic amines) is 1. The molecule has 1 aliphatic heterocycles. The van der Waals surface area contributed by atoms with Gasteiger partial charge in [-0.1, -0.05) is 25.9 Å². The maximum atomic E-state index is 4.92. The molecule has 0 radical (unpaired) electrons. The second-order valence-corrected chi connectivity index (χ2v) is 7.84. The highest BCUT2D eigenvalue weighted by atomic mass is 16.5. The molecular formula is C18H24N6O. The van der Waals surface area contributed by atoms with Crippen LogP contribution in [0.3, 0.4) is 0 Å². The lowest BCUT2D eigenvalue weighted by atomic mass is 9.92. The quantitative estimate of drug-likeness (QED) is 0.730. The summed E-state index contributed by atoms with van der Waals surface area (Å²) in [5.41, 5.74) is 2.89. The molecule has 7 heteroatoms. The van der Waals surface area contributed by atoms with E-state index in [1.165, 1.54) is 0 Å². The van der Waals surface area contributed by atoms with E-state index in [1.807, 2.05) is 22.7 Å². The van der Waals surface area contributed by atoms with Crippen LogP contribution in [0.25, 0.3) is 5.65 Å². The maximum absolute atomic E-state index is 4.92. The molecule has 0 amide bonds. The van der Waals surface area contributed by atoms with Gasteiger partial charge in [0.25, 0.3) is 0 Å². The molecule has 0 bridgehead atoms. The van der Waals surface area contributed by atoms with Crippen molar-refractivity contribution in [2.45, 2.75) is 51.5 Å². The zero-order chi connectivity index (χ0) is 17.4. The van der Waals surface area contributed by atoms with Gasteiger partial charge in [0.15, 0.2) is 11.5 Å². The molecule has 7 nitrogen and oxygen atoms in total. The molecule has 0 saturated carbocycles. The summed E-state index contributed by atoms with van der Waals surface area (Å²) >= 11 is 0. The highest BCUT2D eigenvalue weighted by Gasteiger charge is 2.26. The van der Waals surface area contributed by atoms with E-state index in [2.05, 4.69) is 41.0 Å². The van der Waals surface area contributed by atoms with E-state index in [4.69, 9.17) is 9.62 Å². The van der Waals surface area contributed by atoms with Crippen LogP contribution in [0.15, 0.2) is 29.0 Å². The second kappa shape index (κ2) is 6.22. The number of nitrogens with zero attached hydrogens (tertiary/aromatic N) is 6. The topological polar surface area (TPSA) is 72.4 Å². The molecule has 0 unspecified atom stereocenters. The van der Waals surface area contributed by atoms with Gasteiger partial charge in [-0.3, -0.25) is 4.90 Å². The Morgan fingerprint density at radius 3 is 2.60 bits per heavy atom. The van der Waals surface area contributed by atoms with Crippen molar-refractivity contribution in [2.75, 3.05) is 13.1 Å². The van der Waals surface area contributed by atoms with Crippen LogP contribution in [0.4, 0.5) is 0 Å². The minimum absolute atomic E-state index is 0.0106. The fourth-order valence-electron chi connectivity index (χ4n) is 3.36. The molecule has 3 aromatic rings. The number of hydrogen-bond acceptors (Lipinski definition) is 6. The average Bonchev–Trinajstić information content (AvgIpc) is 3.23. The SMILES string of the molecule is CC(C)(C)c1ccc2nnc(C3CCN(Cc4ccon4)CC3)n2n1. The summed E-state index contributed by atoms with van der Waals surface area (Å²) in [5.74, 6) is 1.38. The van der Waals surface area contributed by atoms with Crippen LogP contribution in [-0.4, -0.2) is 43.0 Å². The van der Waals surface area contributed by atoms with Gasteiger partial charge in [0, 0.05) is 23.9 Å². The van der Waals surface area contributed by atoms with Crippen molar-refractivity contribution >= 4 is 5.65 Å². The molecule has 3 aromatic heterocycles. The van der Waals surface area contributed by atoms with Crippen LogP contribution in [0.1, 0.15) is 56.7 Å². The van der Waals surface area contributed by atoms with Crippen molar-refractivity contribution in [3.63, 3.8) is 0 Å². The number of fused-ring (bicyclic) bond motifs is 1. The van der Waals surface area contributed by atoms with Crippen molar-refractivity contribution in [2.24, 2.45) is 0 Å². The van der Waals surface area contributed by atoms with E-state index in [0.717, 1.165) is 55.3 Å². The number of aromatic nitrogens is 5. The third-order valence-electron chi connectivity index (χ3n) is 4.88. The monoisotopic (exact) mass is 340 g/mol. The lowest BCUT2D eigenvalue weighted by Gasteiger charge is -2.30. The van der Waals surface area contributed by atoms with Gasteiger partial charge in [0.2, 0.25) is 0 Å². The van der Waals surface area contributed by atoms with E-state index >= 15 is 0 Å². The smallest absolute Gasteiger partial charge is 0.177 e. The second-order valence-electron chi connectivity index (χ2n) is 7.84. The molecule has 25 heavy (non-hydrogen) atoms. The Balaban J connectivity index is 1.51. The first-order chi connectivity index (χ1) is 12.0. The Bertz CT molecular complexity index is 840. The minimum atomic E-state index is 0.0106. The zero-order valence-electron chi connectivity index (χ0n) is 15.0. The van der Waals surface area contributed by atoms with Crippen LogP contribution in [0.5, 0.6) is 0 Å². The highest BCUT2D eigenvalue weighted by Crippen LogP contribution is 2.28. The minimum Gasteiger partial charge on any atom is -0.364 e. The first kappa shape index (κ1) is 16.2. The molecule has 4 heterocycles. The molecule has 0 aliphatic carbocycles. The fraction of sp³-hybridized carbons (Fsp3) is 0.556. The summed E-state index contributed by atoms with van der Waals surface area (Å²) in [6, 6.07) is 5.99. The maximum Gasteiger partial charge on any atom is 0.177 e. The van der Waals surface area contributed by atoms with Crippen LogP contribution >= 0.6 is 0 Å². The first-order valence-electron chi connectivity index (χ1n) is 8.85. The van der Waals surface area contributed by atoms with E-state index in [1.54, 1.807) is 6.26 Å². The van der Waals surface area contributed by atoms with Gasteiger partial charge >= 0.3 is 0 Å². The molecule has 1 aliphatic rings. The standard InChI is InChI=1S/C18H24N6O/c1-18(2,3)15-4-5-16-19-20-17(24(16)21-15)13-6-9-23(10-7-13)12-14-8-11-25-22-14/h4-5,8,11,13H,6-7,9-10,12H2,1-3H3. The highest BCUT2D eigenvalue weighted by molar-refractivity contribution is 5.37. The summed E-state index contributed by atoms with van der Waals surface area (Å²) < 4.78 is 6.86. The fourth-order valence-corrected chi connectivity index (χ4v) is 3.36. The average molecular weight is 340 g/mol. The summed E-state index contributed by atoms with van der Waals surface area (Å²) in [5, 5.41) is 17.6. The Labute approximate surface area is 147 Å². The Kier molecular flexibility index (Phi) is 4.03. The van der Waals surface area contributed by atoms with Crippen molar-refractivity contribution in [1.82, 2.24) is 29.9 Å². The van der Waals surface area contributed by atoms with Gasteiger partial charge in [0.05, 0.1) is 11.4 Å². The van der Waals surface area contributed by atoms with Crippen LogP contribution in [-0.2, 0) is 12.0 Å². The lowest BCUT2D eigenvalue weighted by Crippen LogP contribution is -2.33. The van der Waals surface area contributed by atoms with Gasteiger partial charge in [-0.05, 0) is 38.1 Å². The summed E-state index contributed by atoms with van der Waals surface area (Å²) in [6.07, 6.45) is 3.74. The molecular weight excluding hydrogens is 316 g/mol. The molecule has 132 valence electrons. The number of hydrogen-bond donors (Lipinski definition) is 0. The van der Waals surface area contributed by atoms with Gasteiger partial charge in [-0.25, -0.2) is 0 Å². The van der Waals surface area contributed by atoms with E-state index in [0.29, 0.717) is 5.92 Å². The Morgan fingerprint density at radius 1 is 1.12 bits per heavy atom. The normalized spacial score (nSPS) is 17.4. The zero-order valence-corrected chi connectivity index (χ0v) is 15.0. The van der Waals surface area contributed by atoms with Gasteiger partial charge < -0.3 is 4.52 Å². The predicted molar refractivity (Wildman–Crippen MR) is 93.2 cm³/mol.